The topological polar surface area (TPSA) is 29.6 Å². The van der Waals surface area contributed by atoms with Gasteiger partial charge in [0.2, 0.25) is 0 Å². The monoisotopic (exact) mass is 330 g/mol. The van der Waals surface area contributed by atoms with E-state index in [-0.39, 0.29) is 0 Å². The maximum Gasteiger partial charge on any atom is 0.133 e. The van der Waals surface area contributed by atoms with Crippen LogP contribution in [0.5, 0.6) is 0 Å². The summed E-state index contributed by atoms with van der Waals surface area (Å²) in [5, 5.41) is 0. The summed E-state index contributed by atoms with van der Waals surface area (Å²) in [5.74, 6) is 4.33. The molecule has 0 amide bonds. The summed E-state index contributed by atoms with van der Waals surface area (Å²) in [6, 6.07) is 0. The van der Waals surface area contributed by atoms with Crippen LogP contribution in [0.3, 0.4) is 0 Å². The molecule has 0 aromatic heterocycles. The van der Waals surface area contributed by atoms with Gasteiger partial charge in [-0.1, -0.05) is 13.8 Å². The molecule has 1 spiro atoms. The minimum atomic E-state index is 0.311. The van der Waals surface area contributed by atoms with Crippen LogP contribution in [-0.4, -0.2) is 18.0 Å². The standard InChI is InChI=1S/C22H34O2/c1-14(23)17-6-7-18-16-5-4-15-12-22(13-24-22)11-10-20(15,2)19(16)8-9-21(17,18)3/h15-19H,4-13H2,1-3H3/t15-,16?,17+,18?,19?,20-,21+,22+/m0/s1. The summed E-state index contributed by atoms with van der Waals surface area (Å²) in [6.45, 7) is 7.98. The first-order valence-electron chi connectivity index (χ1n) is 10.5. The number of carbonyl (C=O) groups is 1. The van der Waals surface area contributed by atoms with Crippen LogP contribution >= 0.6 is 0 Å². The van der Waals surface area contributed by atoms with Crippen molar-refractivity contribution in [1.82, 2.24) is 0 Å². The normalized spacial score (nSPS) is 58.7. The highest BCUT2D eigenvalue weighted by atomic mass is 16.6. The van der Waals surface area contributed by atoms with E-state index in [0.29, 0.717) is 28.1 Å². The molecule has 2 nitrogen and oxygen atoms in total. The predicted octanol–water partition coefficient (Wildman–Crippen LogP) is 5.00. The molecule has 1 heterocycles. The van der Waals surface area contributed by atoms with Crippen LogP contribution in [0.25, 0.3) is 0 Å². The van der Waals surface area contributed by atoms with Crippen LogP contribution in [0, 0.1) is 40.4 Å². The zero-order valence-corrected chi connectivity index (χ0v) is 15.8. The van der Waals surface area contributed by atoms with Gasteiger partial charge in [0.15, 0.2) is 0 Å². The Morgan fingerprint density at radius 2 is 1.67 bits per heavy atom. The van der Waals surface area contributed by atoms with Crippen LogP contribution in [0.15, 0.2) is 0 Å². The van der Waals surface area contributed by atoms with Gasteiger partial charge in [-0.25, -0.2) is 0 Å². The second kappa shape index (κ2) is 4.87. The summed E-state index contributed by atoms with van der Waals surface area (Å²) in [7, 11) is 0. The fraction of sp³-hybridized carbons (Fsp3) is 0.955. The van der Waals surface area contributed by atoms with E-state index in [0.717, 1.165) is 36.7 Å². The van der Waals surface area contributed by atoms with Crippen molar-refractivity contribution in [2.75, 3.05) is 6.61 Å². The van der Waals surface area contributed by atoms with E-state index in [4.69, 9.17) is 4.74 Å². The molecular formula is C22H34O2. The second-order valence-electron chi connectivity index (χ2n) is 10.6. The Bertz CT molecular complexity index is 564. The number of carbonyl (C=O) groups excluding carboxylic acids is 1. The Labute approximate surface area is 147 Å². The minimum Gasteiger partial charge on any atom is -0.370 e. The number of fused-ring (bicyclic) bond motifs is 5. The number of hydrogen-bond acceptors (Lipinski definition) is 2. The quantitative estimate of drug-likeness (QED) is 0.633. The first-order valence-corrected chi connectivity index (χ1v) is 10.5. The Hall–Kier alpha value is -0.370. The molecule has 5 rings (SSSR count). The largest absolute Gasteiger partial charge is 0.370 e. The maximum absolute atomic E-state index is 12.2. The number of Topliss-reactive ketones (excluding diaryl/α,β-unsaturated/α-hetero) is 1. The van der Waals surface area contributed by atoms with Gasteiger partial charge in [-0.3, -0.25) is 4.79 Å². The third kappa shape index (κ3) is 1.95. The zero-order chi connectivity index (χ0) is 16.7. The molecule has 5 aliphatic rings. The minimum absolute atomic E-state index is 0.311. The average molecular weight is 331 g/mol. The van der Waals surface area contributed by atoms with E-state index in [2.05, 4.69) is 13.8 Å². The van der Waals surface area contributed by atoms with Crippen LogP contribution in [0.2, 0.25) is 0 Å². The van der Waals surface area contributed by atoms with Gasteiger partial charge in [0.05, 0.1) is 12.2 Å². The van der Waals surface area contributed by atoms with Crippen molar-refractivity contribution in [2.24, 2.45) is 40.4 Å². The Morgan fingerprint density at radius 3 is 2.38 bits per heavy atom. The lowest BCUT2D eigenvalue weighted by Gasteiger charge is -2.61. The van der Waals surface area contributed by atoms with E-state index in [9.17, 15) is 4.79 Å². The van der Waals surface area contributed by atoms with Crippen molar-refractivity contribution in [3.05, 3.63) is 0 Å². The molecule has 4 aliphatic carbocycles. The van der Waals surface area contributed by atoms with E-state index in [1.807, 2.05) is 6.92 Å². The first-order chi connectivity index (χ1) is 11.4. The van der Waals surface area contributed by atoms with Crippen LogP contribution < -0.4 is 0 Å². The summed E-state index contributed by atoms with van der Waals surface area (Å²) < 4.78 is 5.86. The van der Waals surface area contributed by atoms with Gasteiger partial charge in [0.1, 0.15) is 5.78 Å². The summed E-state index contributed by atoms with van der Waals surface area (Å²) in [5.41, 5.74) is 1.18. The Balaban J connectivity index is 1.43. The molecule has 4 saturated carbocycles. The summed E-state index contributed by atoms with van der Waals surface area (Å²) >= 11 is 0. The van der Waals surface area contributed by atoms with Crippen molar-refractivity contribution in [3.63, 3.8) is 0 Å². The van der Waals surface area contributed by atoms with Crippen molar-refractivity contribution >= 4 is 5.78 Å². The lowest BCUT2D eigenvalue weighted by Crippen LogP contribution is -2.54. The van der Waals surface area contributed by atoms with Gasteiger partial charge in [-0.05, 0) is 99.2 Å². The SMILES string of the molecule is CC(=O)[C@H]1CCC2C3CC[C@H]4C[C@]5(CC[C@]4(C)C3CC[C@@]21C)CO5. The summed E-state index contributed by atoms with van der Waals surface area (Å²) in [4.78, 5) is 12.2. The van der Waals surface area contributed by atoms with Gasteiger partial charge in [0.25, 0.3) is 0 Å². The highest BCUT2D eigenvalue weighted by Gasteiger charge is 2.63. The number of ether oxygens (including phenoxy) is 1. The third-order valence-electron chi connectivity index (χ3n) is 9.85. The van der Waals surface area contributed by atoms with Gasteiger partial charge < -0.3 is 4.74 Å². The number of hydrogen-bond donors (Lipinski definition) is 0. The molecule has 134 valence electrons. The molecular weight excluding hydrogens is 296 g/mol. The fourth-order valence-corrected chi connectivity index (χ4v) is 8.34. The third-order valence-corrected chi connectivity index (χ3v) is 9.85. The fourth-order valence-electron chi connectivity index (χ4n) is 8.34. The molecule has 0 bridgehead atoms. The van der Waals surface area contributed by atoms with E-state index < -0.39 is 0 Å². The maximum atomic E-state index is 12.2. The molecule has 0 aromatic carbocycles. The van der Waals surface area contributed by atoms with Crippen LogP contribution in [0.4, 0.5) is 0 Å². The molecule has 8 atom stereocenters. The molecule has 3 unspecified atom stereocenters. The van der Waals surface area contributed by atoms with Crippen molar-refractivity contribution in [3.8, 4) is 0 Å². The van der Waals surface area contributed by atoms with Crippen molar-refractivity contribution in [2.45, 2.75) is 84.2 Å². The molecule has 0 N–H and O–H groups in total. The lowest BCUT2D eigenvalue weighted by molar-refractivity contribution is -0.136. The van der Waals surface area contributed by atoms with Gasteiger partial charge >= 0.3 is 0 Å². The van der Waals surface area contributed by atoms with Crippen molar-refractivity contribution in [1.29, 1.82) is 0 Å². The summed E-state index contributed by atoms with van der Waals surface area (Å²) in [6.07, 6.45) is 12.0. The van der Waals surface area contributed by atoms with Gasteiger partial charge in [-0.15, -0.1) is 0 Å². The van der Waals surface area contributed by atoms with Gasteiger partial charge in [-0.2, -0.15) is 0 Å². The predicted molar refractivity (Wildman–Crippen MR) is 94.6 cm³/mol. The van der Waals surface area contributed by atoms with Crippen molar-refractivity contribution < 1.29 is 9.53 Å². The zero-order valence-electron chi connectivity index (χ0n) is 15.8. The average Bonchev–Trinajstić information content (AvgIpc) is 3.19. The van der Waals surface area contributed by atoms with E-state index in [1.54, 1.807) is 0 Å². The highest BCUT2D eigenvalue weighted by Crippen LogP contribution is 2.68. The molecule has 5 fully saturated rings. The molecule has 1 aliphatic heterocycles. The number of rotatable bonds is 1. The highest BCUT2D eigenvalue weighted by molar-refractivity contribution is 5.79. The smallest absolute Gasteiger partial charge is 0.133 e. The molecule has 0 aromatic rings. The molecule has 2 heteroatoms. The number of ketones is 1. The molecule has 24 heavy (non-hydrogen) atoms. The van der Waals surface area contributed by atoms with Crippen LogP contribution in [0.1, 0.15) is 78.6 Å². The van der Waals surface area contributed by atoms with E-state index >= 15 is 0 Å². The number of epoxide rings is 1. The lowest BCUT2D eigenvalue weighted by atomic mass is 9.44. The van der Waals surface area contributed by atoms with Crippen LogP contribution in [-0.2, 0) is 9.53 Å². The first kappa shape index (κ1) is 15.9. The van der Waals surface area contributed by atoms with Gasteiger partial charge in [0, 0.05) is 5.92 Å². The molecule has 0 radical (unpaired) electrons. The van der Waals surface area contributed by atoms with E-state index in [1.165, 1.54) is 51.4 Å². The Kier molecular flexibility index (Phi) is 3.22. The Morgan fingerprint density at radius 1 is 0.917 bits per heavy atom. The molecule has 1 saturated heterocycles. The second-order valence-corrected chi connectivity index (χ2v) is 10.6.